The lowest BCUT2D eigenvalue weighted by Crippen LogP contribution is -2.57. The number of carbonyl (C=O) groups excluding carboxylic acids is 1. The van der Waals surface area contributed by atoms with Gasteiger partial charge < -0.3 is 24.4 Å². The van der Waals surface area contributed by atoms with Crippen LogP contribution in [0.1, 0.15) is 12.5 Å². The Kier molecular flexibility index (Phi) is 4.31. The van der Waals surface area contributed by atoms with E-state index in [2.05, 4.69) is 4.74 Å². The van der Waals surface area contributed by atoms with Gasteiger partial charge >= 0.3 is 5.97 Å². The molecule has 0 spiro atoms. The van der Waals surface area contributed by atoms with Gasteiger partial charge in [0, 0.05) is 0 Å². The van der Waals surface area contributed by atoms with Crippen LogP contribution in [0.3, 0.4) is 0 Å². The minimum atomic E-state index is -0.947. The third-order valence-corrected chi connectivity index (χ3v) is 5.22. The lowest BCUT2D eigenvalue weighted by Gasteiger charge is -2.43. The molecule has 3 rings (SSSR count). The van der Waals surface area contributed by atoms with Gasteiger partial charge in [0.25, 0.3) is 0 Å². The molecule has 1 aromatic carbocycles. The van der Waals surface area contributed by atoms with Gasteiger partial charge in [0.2, 0.25) is 6.29 Å². The highest BCUT2D eigenvalue weighted by molar-refractivity contribution is 8.00. The van der Waals surface area contributed by atoms with Crippen molar-refractivity contribution in [2.75, 3.05) is 7.11 Å². The molecule has 7 heteroatoms. The van der Waals surface area contributed by atoms with Gasteiger partial charge in [-0.1, -0.05) is 6.07 Å². The van der Waals surface area contributed by atoms with Crippen LogP contribution in [0.15, 0.2) is 23.1 Å². The fraction of sp³-hybridized carbons (Fsp3) is 0.533. The van der Waals surface area contributed by atoms with Gasteiger partial charge in [0.15, 0.2) is 0 Å². The van der Waals surface area contributed by atoms with Crippen molar-refractivity contribution in [1.82, 2.24) is 0 Å². The molecule has 5 atom stereocenters. The second-order valence-electron chi connectivity index (χ2n) is 5.43. The van der Waals surface area contributed by atoms with Crippen molar-refractivity contribution in [2.24, 2.45) is 0 Å². The largest absolute Gasteiger partial charge is 0.469 e. The molecule has 2 aliphatic rings. The van der Waals surface area contributed by atoms with Crippen LogP contribution < -0.4 is 4.74 Å². The van der Waals surface area contributed by atoms with Gasteiger partial charge in [0.05, 0.1) is 24.5 Å². The van der Waals surface area contributed by atoms with Gasteiger partial charge in [-0.2, -0.15) is 0 Å². The molecule has 0 amide bonds. The maximum absolute atomic E-state index is 11.4. The topological polar surface area (TPSA) is 85.2 Å². The number of fused-ring (bicyclic) bond motifs is 2. The van der Waals surface area contributed by atoms with Crippen molar-refractivity contribution < 1.29 is 29.2 Å². The monoisotopic (exact) mass is 326 g/mol. The quantitative estimate of drug-likeness (QED) is 0.775. The van der Waals surface area contributed by atoms with Gasteiger partial charge in [0.1, 0.15) is 23.2 Å². The van der Waals surface area contributed by atoms with Crippen LogP contribution >= 0.6 is 11.8 Å². The maximum atomic E-state index is 11.4. The summed E-state index contributed by atoms with van der Waals surface area (Å²) in [7, 11) is 1.35. The highest BCUT2D eigenvalue weighted by atomic mass is 32.2. The molecule has 0 aromatic heterocycles. The highest BCUT2D eigenvalue weighted by Crippen LogP contribution is 2.44. The predicted molar refractivity (Wildman–Crippen MR) is 78.8 cm³/mol. The van der Waals surface area contributed by atoms with E-state index in [9.17, 15) is 15.0 Å². The Morgan fingerprint density at radius 2 is 2.14 bits per heavy atom. The molecule has 0 bridgehead atoms. The Bertz CT molecular complexity index is 577. The van der Waals surface area contributed by atoms with Crippen molar-refractivity contribution in [3.8, 4) is 5.75 Å². The van der Waals surface area contributed by atoms with E-state index >= 15 is 0 Å². The van der Waals surface area contributed by atoms with E-state index in [1.807, 2.05) is 6.07 Å². The number of carbonyl (C=O) groups is 1. The zero-order chi connectivity index (χ0) is 15.9. The number of aliphatic hydroxyl groups excluding tert-OH is 2. The van der Waals surface area contributed by atoms with E-state index in [0.29, 0.717) is 5.75 Å². The van der Waals surface area contributed by atoms with E-state index in [0.717, 1.165) is 10.5 Å². The summed E-state index contributed by atoms with van der Waals surface area (Å²) >= 11 is 1.39. The van der Waals surface area contributed by atoms with Crippen LogP contribution in [0.2, 0.25) is 0 Å². The Hall–Kier alpha value is -1.28. The van der Waals surface area contributed by atoms with Crippen molar-refractivity contribution >= 4 is 17.7 Å². The number of hydrogen-bond donors (Lipinski definition) is 2. The van der Waals surface area contributed by atoms with Crippen molar-refractivity contribution in [2.45, 2.75) is 48.1 Å². The van der Waals surface area contributed by atoms with Crippen LogP contribution in [-0.4, -0.2) is 53.1 Å². The fourth-order valence-corrected chi connectivity index (χ4v) is 3.86. The van der Waals surface area contributed by atoms with Gasteiger partial charge in [-0.15, -0.1) is 11.8 Å². The number of thioether (sulfide) groups is 1. The van der Waals surface area contributed by atoms with Crippen LogP contribution in [0.5, 0.6) is 5.75 Å². The molecular formula is C15H18O6S. The number of ether oxygens (including phenoxy) is 3. The Morgan fingerprint density at radius 3 is 2.86 bits per heavy atom. The number of esters is 1. The zero-order valence-corrected chi connectivity index (χ0v) is 13.1. The third kappa shape index (κ3) is 2.81. The molecule has 0 radical (unpaired) electrons. The molecule has 0 saturated carbocycles. The summed E-state index contributed by atoms with van der Waals surface area (Å²) in [6.45, 7) is 1.70. The van der Waals surface area contributed by atoms with Crippen LogP contribution in [0, 0.1) is 0 Å². The van der Waals surface area contributed by atoms with E-state index in [1.165, 1.54) is 18.9 Å². The second-order valence-corrected chi connectivity index (χ2v) is 6.64. The third-order valence-electron chi connectivity index (χ3n) is 3.87. The predicted octanol–water partition coefficient (Wildman–Crippen LogP) is 0.722. The highest BCUT2D eigenvalue weighted by Gasteiger charge is 2.47. The number of benzene rings is 1. The normalized spacial score (nSPS) is 33.4. The van der Waals surface area contributed by atoms with Crippen LogP contribution in [0.4, 0.5) is 0 Å². The first-order valence-corrected chi connectivity index (χ1v) is 7.92. The van der Waals surface area contributed by atoms with E-state index in [-0.39, 0.29) is 12.4 Å². The van der Waals surface area contributed by atoms with Gasteiger partial charge in [-0.3, -0.25) is 4.79 Å². The van der Waals surface area contributed by atoms with Crippen LogP contribution in [-0.2, 0) is 20.7 Å². The molecule has 1 saturated heterocycles. The first kappa shape index (κ1) is 15.6. The van der Waals surface area contributed by atoms with E-state index < -0.39 is 29.9 Å². The standard InChI is InChI=1S/C15H18O6S/c1-7-12(17)13(18)14-15(20-7)21-9-4-3-8(5-10(9)22-14)6-11(16)19-2/h3-5,7,12-15,17-18H,6H2,1-2H3. The van der Waals surface area contributed by atoms with Crippen molar-refractivity contribution in [3.63, 3.8) is 0 Å². The molecule has 5 unspecified atom stereocenters. The summed E-state index contributed by atoms with van der Waals surface area (Å²) in [5.74, 6) is 0.334. The lowest BCUT2D eigenvalue weighted by atomic mass is 10.0. The molecule has 120 valence electrons. The SMILES string of the molecule is COC(=O)Cc1ccc2c(c1)SC1C(O2)OC(C)C(O)C1O. The average Bonchev–Trinajstić information content (AvgIpc) is 2.51. The number of methoxy groups -OCH3 is 1. The lowest BCUT2D eigenvalue weighted by molar-refractivity contribution is -0.213. The molecule has 1 aromatic rings. The first-order chi connectivity index (χ1) is 10.5. The summed E-state index contributed by atoms with van der Waals surface area (Å²) < 4.78 is 16.1. The number of rotatable bonds is 2. The van der Waals surface area contributed by atoms with Crippen molar-refractivity contribution in [3.05, 3.63) is 23.8 Å². The molecular weight excluding hydrogens is 308 g/mol. The van der Waals surface area contributed by atoms with Gasteiger partial charge in [-0.05, 0) is 24.6 Å². The summed E-state index contributed by atoms with van der Waals surface area (Å²) in [5, 5.41) is 19.7. The molecule has 0 aliphatic carbocycles. The Balaban J connectivity index is 1.83. The molecule has 2 N–H and O–H groups in total. The maximum Gasteiger partial charge on any atom is 0.309 e. The second kappa shape index (κ2) is 6.08. The van der Waals surface area contributed by atoms with Gasteiger partial charge in [-0.25, -0.2) is 0 Å². The summed E-state index contributed by atoms with van der Waals surface area (Å²) in [6.07, 6.45) is -2.79. The smallest absolute Gasteiger partial charge is 0.309 e. The van der Waals surface area contributed by atoms with Crippen molar-refractivity contribution in [1.29, 1.82) is 0 Å². The summed E-state index contributed by atoms with van der Waals surface area (Å²) in [4.78, 5) is 12.2. The molecule has 6 nitrogen and oxygen atoms in total. The summed E-state index contributed by atoms with van der Waals surface area (Å²) in [5.41, 5.74) is 0.806. The molecule has 22 heavy (non-hydrogen) atoms. The van der Waals surface area contributed by atoms with Crippen LogP contribution in [0.25, 0.3) is 0 Å². The van der Waals surface area contributed by atoms with E-state index in [4.69, 9.17) is 9.47 Å². The minimum absolute atomic E-state index is 0.178. The number of hydrogen-bond acceptors (Lipinski definition) is 7. The first-order valence-electron chi connectivity index (χ1n) is 7.04. The Labute approximate surface area is 132 Å². The summed E-state index contributed by atoms with van der Waals surface area (Å²) in [6, 6.07) is 5.42. The molecule has 1 fully saturated rings. The average molecular weight is 326 g/mol. The number of aliphatic hydroxyl groups is 2. The zero-order valence-electron chi connectivity index (χ0n) is 12.3. The molecule has 2 heterocycles. The Morgan fingerprint density at radius 1 is 1.36 bits per heavy atom. The minimum Gasteiger partial charge on any atom is -0.469 e. The fourth-order valence-electron chi connectivity index (χ4n) is 2.59. The van der Waals surface area contributed by atoms with E-state index in [1.54, 1.807) is 19.1 Å². The molecule has 2 aliphatic heterocycles.